The Labute approximate surface area is 76.5 Å². The Morgan fingerprint density at radius 3 is 1.92 bits per heavy atom. The molecule has 0 bridgehead atoms. The second-order valence-corrected chi connectivity index (χ2v) is 2.10. The van der Waals surface area contributed by atoms with Crippen LogP contribution in [0.2, 0.25) is 0 Å². The van der Waals surface area contributed by atoms with E-state index in [-0.39, 0.29) is 0 Å². The number of nitrogens with two attached hydrogens (primary N) is 2. The van der Waals surface area contributed by atoms with Gasteiger partial charge in [0.15, 0.2) is 0 Å². The molecule has 0 spiro atoms. The van der Waals surface area contributed by atoms with E-state index in [1.165, 1.54) is 0 Å². The summed E-state index contributed by atoms with van der Waals surface area (Å²) >= 11 is 3.86. The Morgan fingerprint density at radius 2 is 1.67 bits per heavy atom. The molecule has 0 aliphatic carbocycles. The van der Waals surface area contributed by atoms with E-state index in [9.17, 15) is 0 Å². The lowest BCUT2D eigenvalue weighted by Crippen LogP contribution is -2.18. The van der Waals surface area contributed by atoms with Crippen molar-refractivity contribution in [1.29, 1.82) is 0 Å². The second kappa shape index (κ2) is 6.36. The average molecular weight is 185 g/mol. The van der Waals surface area contributed by atoms with Crippen LogP contribution in [-0.4, -0.2) is 6.03 Å². The predicted octanol–water partition coefficient (Wildman–Crippen LogP) is 0.967. The molecular weight excluding hydrogens is 174 g/mol. The molecule has 5 heteroatoms. The van der Waals surface area contributed by atoms with Crippen LogP contribution in [0.3, 0.4) is 0 Å². The molecule has 66 valence electrons. The minimum atomic E-state index is -0.833. The quantitative estimate of drug-likeness (QED) is 0.492. The molecule has 1 aromatic carbocycles. The summed E-state index contributed by atoms with van der Waals surface area (Å²) in [5, 5.41) is 0. The molecule has 0 aromatic heterocycles. The molecule has 0 saturated heterocycles. The number of thiol groups is 1. The molecule has 1 aromatic rings. The first kappa shape index (κ1) is 10.6. The van der Waals surface area contributed by atoms with Gasteiger partial charge in [0.25, 0.3) is 0 Å². The van der Waals surface area contributed by atoms with Crippen LogP contribution in [0.4, 0.5) is 10.5 Å². The Balaban J connectivity index is 0.000000261. The minimum Gasteiger partial charge on any atom is -0.352 e. The van der Waals surface area contributed by atoms with Crippen molar-refractivity contribution in [3.05, 3.63) is 30.3 Å². The number of carbonyl (C=O) groups excluding carboxylic acids is 1. The SMILES string of the molecule is NC(N)=O.SNc1ccccc1. The molecule has 2 amide bonds. The van der Waals surface area contributed by atoms with Crippen molar-refractivity contribution in [2.45, 2.75) is 0 Å². The number of hydrogen-bond donors (Lipinski definition) is 4. The summed E-state index contributed by atoms with van der Waals surface area (Å²) in [5.41, 5.74) is 9.52. The van der Waals surface area contributed by atoms with Gasteiger partial charge in [-0.2, -0.15) is 0 Å². The molecule has 5 N–H and O–H groups in total. The Kier molecular flexibility index (Phi) is 5.64. The fourth-order valence-corrected chi connectivity index (χ4v) is 0.662. The highest BCUT2D eigenvalue weighted by molar-refractivity contribution is 7.81. The first-order chi connectivity index (χ1) is 5.66. The van der Waals surface area contributed by atoms with Crippen LogP contribution in [0, 0.1) is 0 Å². The molecule has 0 radical (unpaired) electrons. The largest absolute Gasteiger partial charge is 0.352 e. The number of rotatable bonds is 1. The first-order valence-electron chi connectivity index (χ1n) is 3.17. The van der Waals surface area contributed by atoms with E-state index in [0.717, 1.165) is 5.69 Å². The van der Waals surface area contributed by atoms with Gasteiger partial charge in [0.2, 0.25) is 0 Å². The predicted molar refractivity (Wildman–Crippen MR) is 52.8 cm³/mol. The highest BCUT2D eigenvalue weighted by Crippen LogP contribution is 2.04. The van der Waals surface area contributed by atoms with Gasteiger partial charge in [-0.3, -0.25) is 0 Å². The molecule has 0 aliphatic heterocycles. The van der Waals surface area contributed by atoms with E-state index in [0.29, 0.717) is 0 Å². The number of anilines is 1. The van der Waals surface area contributed by atoms with Gasteiger partial charge < -0.3 is 16.2 Å². The van der Waals surface area contributed by atoms with Crippen LogP contribution in [0.1, 0.15) is 0 Å². The molecule has 12 heavy (non-hydrogen) atoms. The third-order valence-electron chi connectivity index (χ3n) is 0.903. The van der Waals surface area contributed by atoms with E-state index in [1.54, 1.807) is 0 Å². The first-order valence-corrected chi connectivity index (χ1v) is 3.61. The number of amides is 2. The van der Waals surface area contributed by atoms with Gasteiger partial charge >= 0.3 is 6.03 Å². The number of carbonyl (C=O) groups is 1. The second-order valence-electron chi connectivity index (χ2n) is 1.88. The maximum absolute atomic E-state index is 9.00. The number of nitrogens with one attached hydrogen (secondary N) is 1. The fraction of sp³-hybridized carbons (Fsp3) is 0. The van der Waals surface area contributed by atoms with Gasteiger partial charge in [-0.25, -0.2) is 4.79 Å². The number of para-hydroxylation sites is 1. The van der Waals surface area contributed by atoms with Crippen molar-refractivity contribution in [3.63, 3.8) is 0 Å². The van der Waals surface area contributed by atoms with E-state index in [2.05, 4.69) is 29.0 Å². The minimum absolute atomic E-state index is 0.833. The summed E-state index contributed by atoms with van der Waals surface area (Å²) < 4.78 is 2.72. The standard InChI is InChI=1S/C6H7NS.CH4N2O/c8-7-6-4-2-1-3-5-6;2-1(3)4/h1-5,7-8H;(H4,2,3,4). The van der Waals surface area contributed by atoms with Crippen LogP contribution in [0.5, 0.6) is 0 Å². The lowest BCUT2D eigenvalue weighted by atomic mass is 10.3. The van der Waals surface area contributed by atoms with Crippen molar-refractivity contribution < 1.29 is 4.79 Å². The van der Waals surface area contributed by atoms with E-state index in [4.69, 9.17) is 4.79 Å². The monoisotopic (exact) mass is 185 g/mol. The smallest absolute Gasteiger partial charge is 0.309 e. The average Bonchev–Trinajstić information content (AvgIpc) is 2.05. The summed E-state index contributed by atoms with van der Waals surface area (Å²) in [4.78, 5) is 9.00. The molecule has 0 heterocycles. The molecule has 4 nitrogen and oxygen atoms in total. The summed E-state index contributed by atoms with van der Waals surface area (Å²) in [6, 6.07) is 8.95. The van der Waals surface area contributed by atoms with E-state index >= 15 is 0 Å². The van der Waals surface area contributed by atoms with Gasteiger partial charge in [-0.1, -0.05) is 31.0 Å². The molecular formula is C7H11N3OS. The number of urea groups is 1. The number of hydrogen-bond acceptors (Lipinski definition) is 3. The van der Waals surface area contributed by atoms with Crippen molar-refractivity contribution in [2.75, 3.05) is 4.72 Å². The molecule has 0 unspecified atom stereocenters. The molecule has 0 saturated carbocycles. The third kappa shape index (κ3) is 6.76. The Hall–Kier alpha value is -1.36. The van der Waals surface area contributed by atoms with E-state index in [1.807, 2.05) is 30.3 Å². The molecule has 0 atom stereocenters. The highest BCUT2D eigenvalue weighted by Gasteiger charge is 1.78. The van der Waals surface area contributed by atoms with Crippen LogP contribution in [0.15, 0.2) is 30.3 Å². The zero-order valence-electron chi connectivity index (χ0n) is 6.40. The van der Waals surface area contributed by atoms with Crippen molar-refractivity contribution in [1.82, 2.24) is 0 Å². The highest BCUT2D eigenvalue weighted by atomic mass is 32.1. The van der Waals surface area contributed by atoms with Gasteiger partial charge in [0.05, 0.1) is 0 Å². The lowest BCUT2D eigenvalue weighted by Gasteiger charge is -1.92. The van der Waals surface area contributed by atoms with E-state index < -0.39 is 6.03 Å². The molecule has 1 rings (SSSR count). The van der Waals surface area contributed by atoms with Crippen molar-refractivity contribution >= 4 is 24.5 Å². The van der Waals surface area contributed by atoms with Crippen LogP contribution < -0.4 is 16.2 Å². The number of benzene rings is 1. The Morgan fingerprint density at radius 1 is 1.25 bits per heavy atom. The van der Waals surface area contributed by atoms with Crippen molar-refractivity contribution in [3.8, 4) is 0 Å². The summed E-state index contributed by atoms with van der Waals surface area (Å²) in [6.07, 6.45) is 0. The third-order valence-corrected chi connectivity index (χ3v) is 1.16. The fourth-order valence-electron chi connectivity index (χ4n) is 0.513. The van der Waals surface area contributed by atoms with Crippen LogP contribution >= 0.6 is 12.8 Å². The summed E-state index contributed by atoms with van der Waals surface area (Å²) in [5.74, 6) is 0. The molecule has 0 aliphatic rings. The van der Waals surface area contributed by atoms with Crippen LogP contribution in [0.25, 0.3) is 0 Å². The zero-order chi connectivity index (χ0) is 9.40. The van der Waals surface area contributed by atoms with Gasteiger partial charge in [-0.15, -0.1) is 0 Å². The van der Waals surface area contributed by atoms with Gasteiger partial charge in [0.1, 0.15) is 0 Å². The summed E-state index contributed by atoms with van der Waals surface area (Å²) in [6.45, 7) is 0. The number of primary amides is 2. The molecule has 0 fully saturated rings. The maximum Gasteiger partial charge on any atom is 0.309 e. The van der Waals surface area contributed by atoms with Gasteiger partial charge in [0, 0.05) is 5.69 Å². The lowest BCUT2D eigenvalue weighted by molar-refractivity contribution is 0.256. The van der Waals surface area contributed by atoms with Crippen molar-refractivity contribution in [2.24, 2.45) is 11.5 Å². The Bertz CT molecular complexity index is 223. The van der Waals surface area contributed by atoms with Crippen LogP contribution in [-0.2, 0) is 0 Å². The van der Waals surface area contributed by atoms with Gasteiger partial charge in [-0.05, 0) is 12.1 Å². The summed E-state index contributed by atoms with van der Waals surface area (Å²) in [7, 11) is 0. The normalized spacial score (nSPS) is 7.75. The topological polar surface area (TPSA) is 81.1 Å². The zero-order valence-corrected chi connectivity index (χ0v) is 7.29. The maximum atomic E-state index is 9.00.